The first-order valence-electron chi connectivity index (χ1n) is 7.77. The van der Waals surface area contributed by atoms with Crippen LogP contribution in [0.2, 0.25) is 25.7 Å². The highest BCUT2D eigenvalue weighted by molar-refractivity contribution is 6.76. The molecule has 0 radical (unpaired) electrons. The normalized spacial score (nSPS) is 12.1. The number of rotatable bonds is 8. The third-order valence-corrected chi connectivity index (χ3v) is 5.35. The molecule has 7 heteroatoms. The maximum absolute atomic E-state index is 14.4. The molecule has 1 heterocycles. The smallest absolute Gasteiger partial charge is 0.152 e. The molecule has 1 aromatic carbocycles. The Kier molecular flexibility index (Phi) is 5.77. The SMILES string of the molecule is COc1cc(F)c2c(c1)c(CCO)nn2COCC[Si](C)(C)C. The molecule has 0 atom stereocenters. The van der Waals surface area contributed by atoms with E-state index >= 15 is 0 Å². The summed E-state index contributed by atoms with van der Waals surface area (Å²) in [7, 11) is 0.338. The maximum atomic E-state index is 14.4. The van der Waals surface area contributed by atoms with Crippen LogP contribution in [0.1, 0.15) is 5.69 Å². The van der Waals surface area contributed by atoms with Gasteiger partial charge in [0.05, 0.1) is 12.8 Å². The van der Waals surface area contributed by atoms with E-state index in [2.05, 4.69) is 24.7 Å². The number of nitrogens with zero attached hydrogens (tertiary/aromatic N) is 2. The average molecular weight is 340 g/mol. The summed E-state index contributed by atoms with van der Waals surface area (Å²) in [6.07, 6.45) is 0.366. The number of fused-ring (bicyclic) bond motifs is 1. The molecule has 0 aliphatic rings. The van der Waals surface area contributed by atoms with Crippen LogP contribution in [0.15, 0.2) is 12.1 Å². The van der Waals surface area contributed by atoms with Crippen molar-refractivity contribution in [3.63, 3.8) is 0 Å². The number of ether oxygens (including phenoxy) is 2. The minimum atomic E-state index is -1.16. The summed E-state index contributed by atoms with van der Waals surface area (Å²) >= 11 is 0. The molecule has 1 N–H and O–H groups in total. The van der Waals surface area contributed by atoms with Crippen molar-refractivity contribution < 1.29 is 19.0 Å². The summed E-state index contributed by atoms with van der Waals surface area (Å²) in [5.74, 6) is 0.0400. The Balaban J connectivity index is 2.25. The van der Waals surface area contributed by atoms with Crippen LogP contribution in [0.3, 0.4) is 0 Å². The fourth-order valence-corrected chi connectivity index (χ4v) is 3.09. The van der Waals surface area contributed by atoms with Gasteiger partial charge in [-0.1, -0.05) is 19.6 Å². The van der Waals surface area contributed by atoms with Crippen molar-refractivity contribution in [3.8, 4) is 5.75 Å². The zero-order valence-electron chi connectivity index (χ0n) is 14.2. The Morgan fingerprint density at radius 3 is 2.65 bits per heavy atom. The average Bonchev–Trinajstić information content (AvgIpc) is 2.81. The molecule has 0 fully saturated rings. The van der Waals surface area contributed by atoms with E-state index in [0.717, 1.165) is 6.04 Å². The quantitative estimate of drug-likeness (QED) is 0.593. The van der Waals surface area contributed by atoms with E-state index < -0.39 is 13.9 Å². The topological polar surface area (TPSA) is 56.5 Å². The maximum Gasteiger partial charge on any atom is 0.152 e. The van der Waals surface area contributed by atoms with Gasteiger partial charge >= 0.3 is 0 Å². The first-order chi connectivity index (χ1) is 10.9. The number of benzene rings is 1. The molecule has 0 unspecified atom stereocenters. The number of aromatic nitrogens is 2. The van der Waals surface area contributed by atoms with Gasteiger partial charge in [-0.3, -0.25) is 0 Å². The highest BCUT2D eigenvalue weighted by Crippen LogP contribution is 2.27. The summed E-state index contributed by atoms with van der Waals surface area (Å²) < 4.78 is 26.7. The summed E-state index contributed by atoms with van der Waals surface area (Å²) in [6.45, 7) is 7.65. The Morgan fingerprint density at radius 1 is 1.30 bits per heavy atom. The van der Waals surface area contributed by atoms with Crippen LogP contribution in [0.25, 0.3) is 10.9 Å². The van der Waals surface area contributed by atoms with Gasteiger partial charge in [-0.2, -0.15) is 5.10 Å². The molecule has 0 aliphatic heterocycles. The minimum absolute atomic E-state index is 0.0403. The Labute approximate surface area is 137 Å². The van der Waals surface area contributed by atoms with Crippen molar-refractivity contribution in [2.24, 2.45) is 0 Å². The molecule has 0 bridgehead atoms. The zero-order valence-corrected chi connectivity index (χ0v) is 15.2. The van der Waals surface area contributed by atoms with E-state index in [1.54, 1.807) is 6.07 Å². The fraction of sp³-hybridized carbons (Fsp3) is 0.562. The lowest BCUT2D eigenvalue weighted by atomic mass is 10.1. The number of aliphatic hydroxyl groups excluding tert-OH is 1. The molecular weight excluding hydrogens is 315 g/mol. The van der Waals surface area contributed by atoms with Crippen molar-refractivity contribution in [2.75, 3.05) is 20.3 Å². The number of hydrogen-bond acceptors (Lipinski definition) is 4. The van der Waals surface area contributed by atoms with Crippen molar-refractivity contribution >= 4 is 19.0 Å². The molecule has 0 spiro atoms. The van der Waals surface area contributed by atoms with Gasteiger partial charge in [-0.05, 0) is 12.1 Å². The van der Waals surface area contributed by atoms with Gasteiger partial charge in [0.2, 0.25) is 0 Å². The lowest BCUT2D eigenvalue weighted by Gasteiger charge is -2.15. The number of aliphatic hydroxyl groups is 1. The minimum Gasteiger partial charge on any atom is -0.497 e. The molecular formula is C16H25FN2O3Si. The van der Waals surface area contributed by atoms with Gasteiger partial charge in [0.1, 0.15) is 18.0 Å². The second kappa shape index (κ2) is 7.42. The van der Waals surface area contributed by atoms with Crippen molar-refractivity contribution in [1.82, 2.24) is 9.78 Å². The Bertz CT molecular complexity index is 667. The van der Waals surface area contributed by atoms with Crippen LogP contribution in [0.5, 0.6) is 5.75 Å². The molecule has 0 saturated carbocycles. The van der Waals surface area contributed by atoms with Crippen molar-refractivity contribution in [1.29, 1.82) is 0 Å². The van der Waals surface area contributed by atoms with Gasteiger partial charge in [0.25, 0.3) is 0 Å². The standard InChI is InChI=1S/C16H25FN2O3Si/c1-21-12-9-13-15(5-6-20)18-19(16(13)14(17)10-12)11-22-7-8-23(2,3)4/h9-10,20H,5-8,11H2,1-4H3. The highest BCUT2D eigenvalue weighted by atomic mass is 28.3. The van der Waals surface area contributed by atoms with Crippen LogP contribution < -0.4 is 4.74 Å². The number of hydrogen-bond donors (Lipinski definition) is 1. The van der Waals surface area contributed by atoms with Crippen LogP contribution in [-0.2, 0) is 17.9 Å². The largest absolute Gasteiger partial charge is 0.497 e. The molecule has 0 aliphatic carbocycles. The first-order valence-corrected chi connectivity index (χ1v) is 11.5. The van der Waals surface area contributed by atoms with Crippen molar-refractivity contribution in [2.45, 2.75) is 38.8 Å². The van der Waals surface area contributed by atoms with Gasteiger partial charge < -0.3 is 14.6 Å². The molecule has 23 heavy (non-hydrogen) atoms. The molecule has 0 saturated heterocycles. The molecule has 2 aromatic rings. The van der Waals surface area contributed by atoms with Crippen molar-refractivity contribution in [3.05, 3.63) is 23.6 Å². The van der Waals surface area contributed by atoms with Crippen LogP contribution in [0.4, 0.5) is 4.39 Å². The number of methoxy groups -OCH3 is 1. The molecule has 128 valence electrons. The van der Waals surface area contributed by atoms with E-state index in [-0.39, 0.29) is 13.3 Å². The highest BCUT2D eigenvalue weighted by Gasteiger charge is 2.17. The van der Waals surface area contributed by atoms with Crippen LogP contribution >= 0.6 is 0 Å². The second-order valence-electron chi connectivity index (χ2n) is 6.77. The lowest BCUT2D eigenvalue weighted by Crippen LogP contribution is -2.22. The second-order valence-corrected chi connectivity index (χ2v) is 12.4. The predicted molar refractivity (Wildman–Crippen MR) is 91.1 cm³/mol. The Hall–Kier alpha value is -1.44. The zero-order chi connectivity index (χ0) is 17.0. The van der Waals surface area contributed by atoms with E-state index in [4.69, 9.17) is 9.47 Å². The Morgan fingerprint density at radius 2 is 2.04 bits per heavy atom. The van der Waals surface area contributed by atoms with E-state index in [1.165, 1.54) is 17.9 Å². The van der Waals surface area contributed by atoms with Gasteiger partial charge in [0, 0.05) is 39.2 Å². The van der Waals surface area contributed by atoms with Gasteiger partial charge in [-0.25, -0.2) is 9.07 Å². The van der Waals surface area contributed by atoms with E-state index in [1.807, 2.05) is 0 Å². The van der Waals surface area contributed by atoms with Crippen LogP contribution in [0, 0.1) is 5.82 Å². The summed E-state index contributed by atoms with van der Waals surface area (Å²) in [5.41, 5.74) is 1.04. The summed E-state index contributed by atoms with van der Waals surface area (Å²) in [6, 6.07) is 4.13. The fourth-order valence-electron chi connectivity index (χ4n) is 2.34. The molecule has 5 nitrogen and oxygen atoms in total. The number of halogens is 1. The van der Waals surface area contributed by atoms with E-state index in [0.29, 0.717) is 35.4 Å². The van der Waals surface area contributed by atoms with Gasteiger partial charge in [-0.15, -0.1) is 0 Å². The van der Waals surface area contributed by atoms with Crippen LogP contribution in [-0.4, -0.2) is 43.3 Å². The molecule has 2 rings (SSSR count). The third-order valence-electron chi connectivity index (χ3n) is 3.64. The third kappa shape index (κ3) is 4.52. The molecule has 0 amide bonds. The van der Waals surface area contributed by atoms with Gasteiger partial charge in [0.15, 0.2) is 5.82 Å². The predicted octanol–water partition coefficient (Wildman–Crippen LogP) is 3.03. The monoisotopic (exact) mass is 340 g/mol. The summed E-state index contributed by atoms with van der Waals surface area (Å²) in [5, 5.41) is 14.2. The summed E-state index contributed by atoms with van der Waals surface area (Å²) in [4.78, 5) is 0. The van der Waals surface area contributed by atoms with E-state index in [9.17, 15) is 9.50 Å². The molecule has 1 aromatic heterocycles. The lowest BCUT2D eigenvalue weighted by molar-refractivity contribution is 0.0809. The first kappa shape index (κ1) is 17.9.